The van der Waals surface area contributed by atoms with E-state index in [2.05, 4.69) is 10.6 Å². The first-order chi connectivity index (χ1) is 12.6. The largest absolute Gasteiger partial charge is 0.454 e. The molecule has 2 N–H and O–H groups in total. The molecule has 2 aliphatic heterocycles. The molecule has 4 rings (SSSR count). The first-order valence-corrected chi connectivity index (χ1v) is 8.50. The van der Waals surface area contributed by atoms with Crippen LogP contribution in [0, 0.1) is 0 Å². The Hall–Kier alpha value is -2.93. The first-order valence-electron chi connectivity index (χ1n) is 8.12. The van der Waals surface area contributed by atoms with Crippen LogP contribution < -0.4 is 25.0 Å². The van der Waals surface area contributed by atoms with Gasteiger partial charge in [0, 0.05) is 24.3 Å². The Kier molecular flexibility index (Phi) is 4.30. The molecule has 0 atom stereocenters. The number of nitrogens with zero attached hydrogens (tertiary/aromatic N) is 1. The molecule has 2 aromatic carbocycles. The van der Waals surface area contributed by atoms with E-state index >= 15 is 0 Å². The van der Waals surface area contributed by atoms with Gasteiger partial charge in [-0.15, -0.1) is 0 Å². The van der Waals surface area contributed by atoms with Gasteiger partial charge in [-0.25, -0.2) is 0 Å². The van der Waals surface area contributed by atoms with Crippen LogP contribution in [0.25, 0.3) is 0 Å². The summed E-state index contributed by atoms with van der Waals surface area (Å²) >= 11 is 6.36. The zero-order valence-electron chi connectivity index (χ0n) is 13.8. The van der Waals surface area contributed by atoms with Crippen LogP contribution in [0.3, 0.4) is 0 Å². The van der Waals surface area contributed by atoms with E-state index in [-0.39, 0.29) is 25.2 Å². The number of anilines is 2. The lowest BCUT2D eigenvalue weighted by Crippen LogP contribution is -2.47. The quantitative estimate of drug-likeness (QED) is 0.862. The highest BCUT2D eigenvalue weighted by atomic mass is 35.5. The van der Waals surface area contributed by atoms with Crippen molar-refractivity contribution in [2.24, 2.45) is 0 Å². The number of hydrogen-bond donors (Lipinski definition) is 2. The van der Waals surface area contributed by atoms with E-state index in [0.29, 0.717) is 40.9 Å². The van der Waals surface area contributed by atoms with E-state index in [1.165, 1.54) is 0 Å². The maximum atomic E-state index is 12.4. The van der Waals surface area contributed by atoms with Gasteiger partial charge in [-0.1, -0.05) is 11.6 Å². The van der Waals surface area contributed by atoms with Crippen LogP contribution in [-0.4, -0.2) is 38.2 Å². The van der Waals surface area contributed by atoms with Gasteiger partial charge in [0.05, 0.1) is 17.3 Å². The zero-order valence-corrected chi connectivity index (χ0v) is 14.5. The third kappa shape index (κ3) is 3.25. The van der Waals surface area contributed by atoms with Crippen LogP contribution in [0.4, 0.5) is 11.4 Å². The summed E-state index contributed by atoms with van der Waals surface area (Å²) in [5.41, 5.74) is 1.80. The number of fused-ring (bicyclic) bond motifs is 1. The molecule has 0 radical (unpaired) electrons. The number of carbonyl (C=O) groups excluding carboxylic acids is 2. The van der Waals surface area contributed by atoms with Gasteiger partial charge in [-0.05, 0) is 36.4 Å². The fourth-order valence-corrected chi connectivity index (χ4v) is 3.23. The van der Waals surface area contributed by atoms with Crippen molar-refractivity contribution in [1.29, 1.82) is 0 Å². The molecule has 1 fully saturated rings. The predicted molar refractivity (Wildman–Crippen MR) is 97.2 cm³/mol. The third-order valence-corrected chi connectivity index (χ3v) is 4.52. The van der Waals surface area contributed by atoms with E-state index in [1.54, 1.807) is 36.4 Å². The molecular formula is C18H16ClN3O4. The lowest BCUT2D eigenvalue weighted by Gasteiger charge is -2.29. The average Bonchev–Trinajstić information content (AvgIpc) is 3.09. The summed E-state index contributed by atoms with van der Waals surface area (Å²) in [7, 11) is 0. The number of piperazine rings is 1. The van der Waals surface area contributed by atoms with Crippen molar-refractivity contribution >= 4 is 34.8 Å². The Balaban J connectivity index is 1.49. The number of amides is 2. The van der Waals surface area contributed by atoms with Crippen LogP contribution in [-0.2, 0) is 4.79 Å². The smallest absolute Gasteiger partial charge is 0.255 e. The topological polar surface area (TPSA) is 79.9 Å². The van der Waals surface area contributed by atoms with Gasteiger partial charge in [0.1, 0.15) is 0 Å². The molecule has 7 nitrogen and oxygen atoms in total. The average molecular weight is 374 g/mol. The number of carbonyl (C=O) groups is 2. The lowest BCUT2D eigenvalue weighted by molar-refractivity contribution is -0.120. The van der Waals surface area contributed by atoms with Crippen LogP contribution in [0.1, 0.15) is 10.4 Å². The molecule has 134 valence electrons. The van der Waals surface area contributed by atoms with E-state index < -0.39 is 0 Å². The molecule has 0 spiro atoms. The van der Waals surface area contributed by atoms with Gasteiger partial charge in [0.15, 0.2) is 11.5 Å². The fraction of sp³-hybridized carbons (Fsp3) is 0.222. The van der Waals surface area contributed by atoms with Crippen LogP contribution >= 0.6 is 11.6 Å². The second-order valence-corrected chi connectivity index (χ2v) is 6.37. The zero-order chi connectivity index (χ0) is 18.1. The van der Waals surface area contributed by atoms with Crippen LogP contribution in [0.2, 0.25) is 5.02 Å². The summed E-state index contributed by atoms with van der Waals surface area (Å²) < 4.78 is 10.5. The molecule has 0 unspecified atom stereocenters. The molecule has 8 heteroatoms. The molecule has 0 bridgehead atoms. The highest BCUT2D eigenvalue weighted by Gasteiger charge is 2.20. The Morgan fingerprint density at radius 2 is 2.00 bits per heavy atom. The first kappa shape index (κ1) is 16.5. The van der Waals surface area contributed by atoms with Gasteiger partial charge >= 0.3 is 0 Å². The van der Waals surface area contributed by atoms with Crippen molar-refractivity contribution in [3.8, 4) is 11.5 Å². The minimum Gasteiger partial charge on any atom is -0.454 e. The SMILES string of the molecule is O=C1CN(c2ccc(NC(=O)c3ccc4c(c3)OCO4)cc2Cl)CCN1. The number of nitrogens with one attached hydrogen (secondary N) is 2. The van der Waals surface area contributed by atoms with Crippen molar-refractivity contribution < 1.29 is 19.1 Å². The maximum Gasteiger partial charge on any atom is 0.255 e. The fourth-order valence-electron chi connectivity index (χ4n) is 2.93. The van der Waals surface area contributed by atoms with E-state index in [0.717, 1.165) is 5.69 Å². The Morgan fingerprint density at radius 3 is 2.81 bits per heavy atom. The van der Waals surface area contributed by atoms with Gasteiger partial charge in [0.25, 0.3) is 5.91 Å². The molecule has 0 aromatic heterocycles. The van der Waals surface area contributed by atoms with E-state index in [4.69, 9.17) is 21.1 Å². The number of ether oxygens (including phenoxy) is 2. The Labute approximate surface area is 154 Å². The van der Waals surface area contributed by atoms with E-state index in [9.17, 15) is 9.59 Å². The van der Waals surface area contributed by atoms with Crippen molar-refractivity contribution in [3.63, 3.8) is 0 Å². The van der Waals surface area contributed by atoms with Gasteiger partial charge in [-0.3, -0.25) is 9.59 Å². The highest BCUT2D eigenvalue weighted by molar-refractivity contribution is 6.33. The van der Waals surface area contributed by atoms with Gasteiger partial charge in [-0.2, -0.15) is 0 Å². The minimum absolute atomic E-state index is 0.0347. The molecule has 0 aliphatic carbocycles. The molecule has 1 saturated heterocycles. The molecule has 2 aliphatic rings. The summed E-state index contributed by atoms with van der Waals surface area (Å²) in [6.45, 7) is 1.70. The monoisotopic (exact) mass is 373 g/mol. The summed E-state index contributed by atoms with van der Waals surface area (Å²) in [6.07, 6.45) is 0. The molecular weight excluding hydrogens is 358 g/mol. The lowest BCUT2D eigenvalue weighted by atomic mass is 10.1. The second kappa shape index (κ2) is 6.76. The minimum atomic E-state index is -0.274. The van der Waals surface area contributed by atoms with Crippen molar-refractivity contribution in [2.45, 2.75) is 0 Å². The van der Waals surface area contributed by atoms with Crippen LogP contribution in [0.15, 0.2) is 36.4 Å². The van der Waals surface area contributed by atoms with Crippen molar-refractivity contribution in [1.82, 2.24) is 5.32 Å². The molecule has 2 aromatic rings. The Bertz CT molecular complexity index is 887. The van der Waals surface area contributed by atoms with Crippen molar-refractivity contribution in [3.05, 3.63) is 47.0 Å². The summed E-state index contributed by atoms with van der Waals surface area (Å²) in [5.74, 6) is 0.867. The van der Waals surface area contributed by atoms with Crippen LogP contribution in [0.5, 0.6) is 11.5 Å². The predicted octanol–water partition coefficient (Wildman–Crippen LogP) is 2.26. The second-order valence-electron chi connectivity index (χ2n) is 5.96. The standard InChI is InChI=1S/C18H16ClN3O4/c19-13-8-12(2-3-14(13)22-6-5-20-17(23)9-22)21-18(24)11-1-4-15-16(7-11)26-10-25-15/h1-4,7-8H,5-6,9-10H2,(H,20,23)(H,21,24). The summed E-state index contributed by atoms with van der Waals surface area (Å²) in [6, 6.07) is 10.3. The molecule has 0 saturated carbocycles. The maximum absolute atomic E-state index is 12.4. The number of halogens is 1. The van der Waals surface area contributed by atoms with Gasteiger partial charge in [0.2, 0.25) is 12.7 Å². The number of benzene rings is 2. The van der Waals surface area contributed by atoms with Gasteiger partial charge < -0.3 is 25.0 Å². The highest BCUT2D eigenvalue weighted by Crippen LogP contribution is 2.33. The molecule has 2 heterocycles. The van der Waals surface area contributed by atoms with E-state index in [1.807, 2.05) is 4.90 Å². The number of hydrogen-bond acceptors (Lipinski definition) is 5. The summed E-state index contributed by atoms with van der Waals surface area (Å²) in [5, 5.41) is 6.06. The van der Waals surface area contributed by atoms with Crippen molar-refractivity contribution in [2.75, 3.05) is 36.6 Å². The third-order valence-electron chi connectivity index (χ3n) is 4.22. The molecule has 26 heavy (non-hydrogen) atoms. The summed E-state index contributed by atoms with van der Waals surface area (Å²) in [4.78, 5) is 25.9. The molecule has 2 amide bonds. The number of rotatable bonds is 3. The Morgan fingerprint density at radius 1 is 1.15 bits per heavy atom. The normalized spacial score (nSPS) is 15.6.